The molecule has 0 unspecified atom stereocenters. The number of benzene rings is 1. The van der Waals surface area contributed by atoms with E-state index in [1.807, 2.05) is 0 Å². The fraction of sp³-hybridized carbons (Fsp3) is 0.0714. The summed E-state index contributed by atoms with van der Waals surface area (Å²) in [6.07, 6.45) is 1.51. The molecule has 1 aromatic carbocycles. The standard InChI is InChI=1S/C14H10BrFN2O3/c1-21-14(20)8-4-2-6-10(11(8)16)18-13(19)9-5-3-7-17-12(9)15/h2-7H,1H3,(H,18,19). The second-order valence-corrected chi connectivity index (χ2v) is 4.71. The average Bonchev–Trinajstić information content (AvgIpc) is 2.49. The second kappa shape index (κ2) is 6.45. The Balaban J connectivity index is 2.30. The van der Waals surface area contributed by atoms with E-state index in [0.29, 0.717) is 4.60 Å². The normalized spacial score (nSPS) is 10.0. The molecule has 1 aromatic heterocycles. The summed E-state index contributed by atoms with van der Waals surface area (Å²) in [7, 11) is 1.15. The van der Waals surface area contributed by atoms with Crippen molar-refractivity contribution in [3.63, 3.8) is 0 Å². The number of pyridine rings is 1. The van der Waals surface area contributed by atoms with E-state index in [1.165, 1.54) is 30.5 Å². The van der Waals surface area contributed by atoms with Gasteiger partial charge in [0.05, 0.1) is 23.9 Å². The summed E-state index contributed by atoms with van der Waals surface area (Å²) < 4.78 is 19.0. The van der Waals surface area contributed by atoms with Gasteiger partial charge in [0.25, 0.3) is 5.91 Å². The van der Waals surface area contributed by atoms with Gasteiger partial charge in [-0.2, -0.15) is 0 Å². The Hall–Kier alpha value is -2.28. The van der Waals surface area contributed by atoms with Crippen LogP contribution in [0.4, 0.5) is 10.1 Å². The monoisotopic (exact) mass is 352 g/mol. The molecule has 1 amide bonds. The summed E-state index contributed by atoms with van der Waals surface area (Å²) in [4.78, 5) is 27.4. The number of aromatic nitrogens is 1. The molecule has 2 rings (SSSR count). The zero-order valence-electron chi connectivity index (χ0n) is 10.9. The topological polar surface area (TPSA) is 68.3 Å². The van der Waals surface area contributed by atoms with Crippen molar-refractivity contribution in [2.24, 2.45) is 0 Å². The Morgan fingerprint density at radius 2 is 1.95 bits per heavy atom. The van der Waals surface area contributed by atoms with Gasteiger partial charge in [-0.15, -0.1) is 0 Å². The Bertz CT molecular complexity index is 706. The van der Waals surface area contributed by atoms with E-state index in [1.54, 1.807) is 6.07 Å². The lowest BCUT2D eigenvalue weighted by Crippen LogP contribution is -2.15. The number of esters is 1. The molecule has 0 radical (unpaired) electrons. The largest absolute Gasteiger partial charge is 0.465 e. The van der Waals surface area contributed by atoms with Crippen LogP contribution in [0.3, 0.4) is 0 Å². The molecule has 21 heavy (non-hydrogen) atoms. The molecule has 0 atom stereocenters. The number of nitrogens with one attached hydrogen (secondary N) is 1. The molecule has 0 bridgehead atoms. The number of nitrogens with zero attached hydrogens (tertiary/aromatic N) is 1. The van der Waals surface area contributed by atoms with Crippen LogP contribution in [0.2, 0.25) is 0 Å². The van der Waals surface area contributed by atoms with Crippen molar-refractivity contribution in [1.82, 2.24) is 4.98 Å². The summed E-state index contributed by atoms with van der Waals surface area (Å²) in [6, 6.07) is 7.19. The minimum absolute atomic E-state index is 0.112. The molecule has 0 aliphatic heterocycles. The lowest BCUT2D eigenvalue weighted by atomic mass is 10.1. The van der Waals surface area contributed by atoms with Crippen molar-refractivity contribution >= 4 is 33.5 Å². The molecule has 0 aliphatic carbocycles. The van der Waals surface area contributed by atoms with E-state index in [4.69, 9.17) is 0 Å². The van der Waals surface area contributed by atoms with Crippen molar-refractivity contribution in [3.05, 3.63) is 58.1 Å². The van der Waals surface area contributed by atoms with Gasteiger partial charge in [0.15, 0.2) is 5.82 Å². The highest BCUT2D eigenvalue weighted by molar-refractivity contribution is 9.10. The molecule has 0 aliphatic rings. The molecule has 2 aromatic rings. The molecular weight excluding hydrogens is 343 g/mol. The molecule has 5 nitrogen and oxygen atoms in total. The van der Waals surface area contributed by atoms with Crippen molar-refractivity contribution in [2.75, 3.05) is 12.4 Å². The number of hydrogen-bond donors (Lipinski definition) is 1. The highest BCUT2D eigenvalue weighted by atomic mass is 79.9. The smallest absolute Gasteiger partial charge is 0.340 e. The van der Waals surface area contributed by atoms with Crippen LogP contribution in [0, 0.1) is 5.82 Å². The van der Waals surface area contributed by atoms with Crippen molar-refractivity contribution < 1.29 is 18.7 Å². The Kier molecular flexibility index (Phi) is 4.64. The van der Waals surface area contributed by atoms with E-state index in [2.05, 4.69) is 31.0 Å². The predicted molar refractivity (Wildman–Crippen MR) is 77.6 cm³/mol. The third-order valence-corrected chi connectivity index (χ3v) is 3.29. The number of anilines is 1. The molecule has 0 saturated carbocycles. The summed E-state index contributed by atoms with van der Waals surface area (Å²) >= 11 is 3.14. The number of carbonyl (C=O) groups is 2. The number of rotatable bonds is 3. The Morgan fingerprint density at radius 3 is 2.62 bits per heavy atom. The minimum atomic E-state index is -0.849. The number of ether oxygens (including phenoxy) is 1. The van der Waals surface area contributed by atoms with E-state index in [0.717, 1.165) is 7.11 Å². The van der Waals surface area contributed by atoms with E-state index in [9.17, 15) is 14.0 Å². The molecule has 7 heteroatoms. The van der Waals surface area contributed by atoms with E-state index < -0.39 is 17.7 Å². The maximum Gasteiger partial charge on any atom is 0.340 e. The minimum Gasteiger partial charge on any atom is -0.465 e. The molecule has 0 saturated heterocycles. The number of methoxy groups -OCH3 is 1. The number of halogens is 2. The highest BCUT2D eigenvalue weighted by Gasteiger charge is 2.18. The maximum atomic E-state index is 14.1. The molecule has 108 valence electrons. The second-order valence-electron chi connectivity index (χ2n) is 3.95. The quantitative estimate of drug-likeness (QED) is 0.680. The zero-order chi connectivity index (χ0) is 15.4. The van der Waals surface area contributed by atoms with Gasteiger partial charge in [-0.1, -0.05) is 6.07 Å². The van der Waals surface area contributed by atoms with Crippen molar-refractivity contribution in [3.8, 4) is 0 Å². The molecule has 1 N–H and O–H groups in total. The van der Waals surface area contributed by atoms with Crippen LogP contribution in [0.1, 0.15) is 20.7 Å². The van der Waals surface area contributed by atoms with Crippen LogP contribution in [0.15, 0.2) is 41.1 Å². The third-order valence-electron chi connectivity index (χ3n) is 2.66. The van der Waals surface area contributed by atoms with Gasteiger partial charge in [-0.25, -0.2) is 14.2 Å². The summed E-state index contributed by atoms with van der Waals surface area (Å²) in [5.74, 6) is -2.21. The first-order valence-corrected chi connectivity index (χ1v) is 6.62. The lowest BCUT2D eigenvalue weighted by Gasteiger charge is -2.09. The Morgan fingerprint density at radius 1 is 1.24 bits per heavy atom. The van der Waals surface area contributed by atoms with Crippen LogP contribution in [0.5, 0.6) is 0 Å². The van der Waals surface area contributed by atoms with Gasteiger partial charge < -0.3 is 10.1 Å². The van der Waals surface area contributed by atoms with E-state index in [-0.39, 0.29) is 16.8 Å². The van der Waals surface area contributed by atoms with Gasteiger partial charge in [0.1, 0.15) is 4.60 Å². The average molecular weight is 353 g/mol. The van der Waals surface area contributed by atoms with Gasteiger partial charge in [0.2, 0.25) is 0 Å². The van der Waals surface area contributed by atoms with Gasteiger partial charge in [-0.05, 0) is 40.2 Å². The van der Waals surface area contributed by atoms with Crippen LogP contribution in [0.25, 0.3) is 0 Å². The van der Waals surface area contributed by atoms with E-state index >= 15 is 0 Å². The van der Waals surface area contributed by atoms with Crippen LogP contribution in [-0.4, -0.2) is 24.0 Å². The SMILES string of the molecule is COC(=O)c1cccc(NC(=O)c2cccnc2Br)c1F. The first-order valence-electron chi connectivity index (χ1n) is 5.83. The first kappa shape index (κ1) is 15.1. The molecule has 0 fully saturated rings. The third kappa shape index (κ3) is 3.25. The predicted octanol–water partition coefficient (Wildman–Crippen LogP) is 3.02. The number of carbonyl (C=O) groups excluding carboxylic acids is 2. The first-order chi connectivity index (χ1) is 10.0. The van der Waals surface area contributed by atoms with Crippen molar-refractivity contribution in [2.45, 2.75) is 0 Å². The van der Waals surface area contributed by atoms with Gasteiger partial charge in [-0.3, -0.25) is 4.79 Å². The number of hydrogen-bond acceptors (Lipinski definition) is 4. The summed E-state index contributed by atoms with van der Waals surface area (Å²) in [5.41, 5.74) is -0.112. The fourth-order valence-corrected chi connectivity index (χ4v) is 2.07. The summed E-state index contributed by atoms with van der Waals surface area (Å²) in [5, 5.41) is 2.39. The maximum absolute atomic E-state index is 14.1. The fourth-order valence-electron chi connectivity index (χ4n) is 1.64. The van der Waals surface area contributed by atoms with Crippen LogP contribution in [-0.2, 0) is 4.74 Å². The van der Waals surface area contributed by atoms with Gasteiger partial charge in [0, 0.05) is 6.20 Å². The molecule has 0 spiro atoms. The van der Waals surface area contributed by atoms with Crippen molar-refractivity contribution in [1.29, 1.82) is 0 Å². The Labute approximate surface area is 128 Å². The number of amides is 1. The van der Waals surface area contributed by atoms with Gasteiger partial charge >= 0.3 is 5.97 Å². The van der Waals surface area contributed by atoms with Crippen LogP contribution >= 0.6 is 15.9 Å². The lowest BCUT2D eigenvalue weighted by molar-refractivity contribution is 0.0595. The zero-order valence-corrected chi connectivity index (χ0v) is 12.5. The van der Waals surface area contributed by atoms with Crippen LogP contribution < -0.4 is 5.32 Å². The summed E-state index contributed by atoms with van der Waals surface area (Å²) in [6.45, 7) is 0. The highest BCUT2D eigenvalue weighted by Crippen LogP contribution is 2.21. The molecule has 1 heterocycles. The molecular formula is C14H10BrFN2O3.